The summed E-state index contributed by atoms with van der Waals surface area (Å²) >= 11 is 0. The summed E-state index contributed by atoms with van der Waals surface area (Å²) in [5, 5.41) is 3.02. The monoisotopic (exact) mass is 283 g/mol. The fourth-order valence-corrected chi connectivity index (χ4v) is 2.36. The zero-order chi connectivity index (χ0) is 14.7. The van der Waals surface area contributed by atoms with E-state index in [-0.39, 0.29) is 5.91 Å². The van der Waals surface area contributed by atoms with Gasteiger partial charge in [0.1, 0.15) is 18.1 Å². The summed E-state index contributed by atoms with van der Waals surface area (Å²) in [5.74, 6) is 0.775. The molecule has 1 aliphatic rings. The van der Waals surface area contributed by atoms with Gasteiger partial charge in [-0.2, -0.15) is 0 Å². The molecule has 21 heavy (non-hydrogen) atoms. The Morgan fingerprint density at radius 3 is 3.05 bits per heavy atom. The topological polar surface area (TPSA) is 54.5 Å². The number of amides is 1. The maximum absolute atomic E-state index is 12.6. The van der Waals surface area contributed by atoms with Gasteiger partial charge in [0, 0.05) is 31.0 Å². The number of para-hydroxylation sites is 1. The minimum atomic E-state index is -0.0765. The van der Waals surface area contributed by atoms with E-state index in [1.54, 1.807) is 17.2 Å². The molecule has 1 aromatic carbocycles. The molecule has 0 aliphatic carbocycles. The van der Waals surface area contributed by atoms with Crippen LogP contribution in [0.1, 0.15) is 16.1 Å². The fraction of sp³-hybridized carbons (Fsp3) is 0.250. The van der Waals surface area contributed by atoms with Crippen molar-refractivity contribution in [2.75, 3.05) is 25.5 Å². The second-order valence-electron chi connectivity index (χ2n) is 4.86. The van der Waals surface area contributed by atoms with E-state index in [1.807, 2.05) is 37.4 Å². The zero-order valence-corrected chi connectivity index (χ0v) is 11.9. The number of pyridine rings is 1. The first-order valence-corrected chi connectivity index (χ1v) is 6.92. The summed E-state index contributed by atoms with van der Waals surface area (Å²) in [4.78, 5) is 18.6. The molecule has 0 unspecified atom stereocenters. The van der Waals surface area contributed by atoms with E-state index < -0.39 is 0 Å². The number of carbonyl (C=O) groups excluding carboxylic acids is 1. The molecule has 0 spiro atoms. The molecule has 0 saturated heterocycles. The second kappa shape index (κ2) is 5.83. The standard InChI is InChI=1S/C16H17N3O2/c1-17-13-6-7-18-14(10-13)16(20)19-8-9-21-15-5-3-2-4-12(15)11-19/h2-7,10H,8-9,11H2,1H3,(H,17,18). The summed E-state index contributed by atoms with van der Waals surface area (Å²) < 4.78 is 5.68. The predicted molar refractivity (Wildman–Crippen MR) is 80.5 cm³/mol. The van der Waals surface area contributed by atoms with Crippen molar-refractivity contribution in [1.29, 1.82) is 0 Å². The van der Waals surface area contributed by atoms with Crippen molar-refractivity contribution in [3.8, 4) is 5.75 Å². The molecule has 2 heterocycles. The highest BCUT2D eigenvalue weighted by Gasteiger charge is 2.21. The highest BCUT2D eigenvalue weighted by atomic mass is 16.5. The summed E-state index contributed by atoms with van der Waals surface area (Å²) in [6, 6.07) is 11.4. The lowest BCUT2D eigenvalue weighted by molar-refractivity contribution is 0.0727. The Morgan fingerprint density at radius 2 is 2.19 bits per heavy atom. The Hall–Kier alpha value is -2.56. The number of fused-ring (bicyclic) bond motifs is 1. The third-order valence-electron chi connectivity index (χ3n) is 3.51. The van der Waals surface area contributed by atoms with Crippen LogP contribution in [0.15, 0.2) is 42.6 Å². The van der Waals surface area contributed by atoms with Crippen molar-refractivity contribution in [1.82, 2.24) is 9.88 Å². The lowest BCUT2D eigenvalue weighted by Crippen LogP contribution is -2.33. The Bertz CT molecular complexity index is 657. The lowest BCUT2D eigenvalue weighted by atomic mass is 10.2. The van der Waals surface area contributed by atoms with Gasteiger partial charge in [-0.05, 0) is 18.2 Å². The van der Waals surface area contributed by atoms with E-state index in [9.17, 15) is 4.79 Å². The summed E-state index contributed by atoms with van der Waals surface area (Å²) in [6.45, 7) is 1.59. The quantitative estimate of drug-likeness (QED) is 0.917. The molecule has 1 N–H and O–H groups in total. The number of carbonyl (C=O) groups is 1. The SMILES string of the molecule is CNc1ccnc(C(=O)N2CCOc3ccccc3C2)c1. The third kappa shape index (κ3) is 2.81. The summed E-state index contributed by atoms with van der Waals surface area (Å²) in [7, 11) is 1.82. The molecule has 0 saturated carbocycles. The van der Waals surface area contributed by atoms with Crippen LogP contribution in [-0.4, -0.2) is 36.0 Å². The average molecular weight is 283 g/mol. The first-order chi connectivity index (χ1) is 10.3. The van der Waals surface area contributed by atoms with Gasteiger partial charge >= 0.3 is 0 Å². The van der Waals surface area contributed by atoms with Gasteiger partial charge in [0.05, 0.1) is 6.54 Å². The molecule has 1 aliphatic heterocycles. The Balaban J connectivity index is 1.84. The number of benzene rings is 1. The Labute approximate surface area is 123 Å². The molecule has 3 rings (SSSR count). The predicted octanol–water partition coefficient (Wildman–Crippen LogP) is 2.16. The summed E-state index contributed by atoms with van der Waals surface area (Å²) in [5.41, 5.74) is 2.34. The molecule has 0 bridgehead atoms. The van der Waals surface area contributed by atoms with Gasteiger partial charge in [-0.15, -0.1) is 0 Å². The highest BCUT2D eigenvalue weighted by Crippen LogP contribution is 2.23. The minimum absolute atomic E-state index is 0.0765. The van der Waals surface area contributed by atoms with Gasteiger partial charge in [0.2, 0.25) is 0 Å². The normalized spacial score (nSPS) is 13.9. The molecule has 1 amide bonds. The maximum Gasteiger partial charge on any atom is 0.272 e. The van der Waals surface area contributed by atoms with E-state index in [0.29, 0.717) is 25.4 Å². The van der Waals surface area contributed by atoms with Gasteiger partial charge < -0.3 is 15.0 Å². The van der Waals surface area contributed by atoms with Gasteiger partial charge in [-0.25, -0.2) is 0 Å². The molecule has 2 aromatic rings. The molecule has 0 atom stereocenters. The van der Waals surface area contributed by atoms with Crippen LogP contribution in [0.2, 0.25) is 0 Å². The van der Waals surface area contributed by atoms with E-state index in [0.717, 1.165) is 17.0 Å². The molecule has 0 fully saturated rings. The fourth-order valence-electron chi connectivity index (χ4n) is 2.36. The highest BCUT2D eigenvalue weighted by molar-refractivity contribution is 5.93. The van der Waals surface area contributed by atoms with E-state index >= 15 is 0 Å². The minimum Gasteiger partial charge on any atom is -0.491 e. The van der Waals surface area contributed by atoms with Crippen molar-refractivity contribution >= 4 is 11.6 Å². The van der Waals surface area contributed by atoms with Crippen molar-refractivity contribution in [3.63, 3.8) is 0 Å². The van der Waals surface area contributed by atoms with E-state index in [1.165, 1.54) is 0 Å². The van der Waals surface area contributed by atoms with Crippen LogP contribution in [0.5, 0.6) is 5.75 Å². The van der Waals surface area contributed by atoms with Crippen LogP contribution in [-0.2, 0) is 6.54 Å². The molecule has 0 radical (unpaired) electrons. The van der Waals surface area contributed by atoms with Gasteiger partial charge in [0.25, 0.3) is 5.91 Å². The van der Waals surface area contributed by atoms with Crippen molar-refractivity contribution in [2.24, 2.45) is 0 Å². The molecular weight excluding hydrogens is 266 g/mol. The maximum atomic E-state index is 12.6. The van der Waals surface area contributed by atoms with Crippen LogP contribution in [0, 0.1) is 0 Å². The molecule has 1 aromatic heterocycles. The number of nitrogens with zero attached hydrogens (tertiary/aromatic N) is 2. The third-order valence-corrected chi connectivity index (χ3v) is 3.51. The Kier molecular flexibility index (Phi) is 3.73. The largest absolute Gasteiger partial charge is 0.491 e. The molecular formula is C16H17N3O2. The van der Waals surface area contributed by atoms with Crippen LogP contribution in [0.4, 0.5) is 5.69 Å². The smallest absolute Gasteiger partial charge is 0.272 e. The van der Waals surface area contributed by atoms with Crippen molar-refractivity contribution in [2.45, 2.75) is 6.54 Å². The van der Waals surface area contributed by atoms with Crippen molar-refractivity contribution < 1.29 is 9.53 Å². The first kappa shape index (κ1) is 13.4. The number of anilines is 1. The number of hydrogen-bond acceptors (Lipinski definition) is 4. The number of aromatic nitrogens is 1. The van der Waals surface area contributed by atoms with Gasteiger partial charge in [-0.1, -0.05) is 18.2 Å². The van der Waals surface area contributed by atoms with E-state index in [4.69, 9.17) is 4.74 Å². The number of rotatable bonds is 2. The number of nitrogens with one attached hydrogen (secondary N) is 1. The first-order valence-electron chi connectivity index (χ1n) is 6.92. The number of ether oxygens (including phenoxy) is 1. The van der Waals surface area contributed by atoms with Crippen LogP contribution in [0.25, 0.3) is 0 Å². The van der Waals surface area contributed by atoms with Gasteiger partial charge in [-0.3, -0.25) is 9.78 Å². The lowest BCUT2D eigenvalue weighted by Gasteiger charge is -2.19. The second-order valence-corrected chi connectivity index (χ2v) is 4.86. The van der Waals surface area contributed by atoms with E-state index in [2.05, 4.69) is 10.3 Å². The molecule has 5 nitrogen and oxygen atoms in total. The Morgan fingerprint density at radius 1 is 1.33 bits per heavy atom. The van der Waals surface area contributed by atoms with Crippen molar-refractivity contribution in [3.05, 3.63) is 53.9 Å². The number of hydrogen-bond donors (Lipinski definition) is 1. The zero-order valence-electron chi connectivity index (χ0n) is 11.9. The van der Waals surface area contributed by atoms with Crippen LogP contribution < -0.4 is 10.1 Å². The van der Waals surface area contributed by atoms with Crippen LogP contribution in [0.3, 0.4) is 0 Å². The molecule has 5 heteroatoms. The van der Waals surface area contributed by atoms with Gasteiger partial charge in [0.15, 0.2) is 0 Å². The average Bonchev–Trinajstić information content (AvgIpc) is 2.76. The molecule has 108 valence electrons. The van der Waals surface area contributed by atoms with Crippen LogP contribution >= 0.6 is 0 Å². The summed E-state index contributed by atoms with van der Waals surface area (Å²) in [6.07, 6.45) is 1.64.